The third kappa shape index (κ3) is 3.01. The number of aryl methyl sites for hydroxylation is 3. The van der Waals surface area contributed by atoms with E-state index in [2.05, 4.69) is 17.3 Å². The Morgan fingerprint density at radius 1 is 1.24 bits per heavy atom. The first-order valence-corrected chi connectivity index (χ1v) is 8.47. The zero-order valence-electron chi connectivity index (χ0n) is 15.5. The molecular weight excluding hydrogens is 320 g/mol. The highest BCUT2D eigenvalue weighted by atomic mass is 16.7. The molecule has 2 heterocycles. The minimum atomic E-state index is -0.809. The Morgan fingerprint density at radius 2 is 1.84 bits per heavy atom. The lowest BCUT2D eigenvalue weighted by Gasteiger charge is -2.20. The molecule has 0 bridgehead atoms. The van der Waals surface area contributed by atoms with E-state index in [-0.39, 0.29) is 12.5 Å². The zero-order valence-corrected chi connectivity index (χ0v) is 15.5. The maximum atomic E-state index is 12.8. The van der Waals surface area contributed by atoms with Gasteiger partial charge in [-0.3, -0.25) is 4.79 Å². The van der Waals surface area contributed by atoms with E-state index in [1.165, 1.54) is 5.56 Å². The Hall–Kier alpha value is -2.37. The van der Waals surface area contributed by atoms with Gasteiger partial charge in [-0.2, -0.15) is 0 Å². The van der Waals surface area contributed by atoms with Gasteiger partial charge < -0.3 is 9.57 Å². The van der Waals surface area contributed by atoms with Gasteiger partial charge in [-0.1, -0.05) is 29.8 Å². The molecule has 0 spiro atoms. The number of cyclic esters (lactones) is 1. The van der Waals surface area contributed by atoms with E-state index < -0.39 is 23.7 Å². The van der Waals surface area contributed by atoms with Crippen LogP contribution < -0.4 is 0 Å². The van der Waals surface area contributed by atoms with Crippen molar-refractivity contribution in [3.8, 4) is 0 Å². The first-order chi connectivity index (χ1) is 11.6. The number of oxime groups is 1. The van der Waals surface area contributed by atoms with Crippen molar-refractivity contribution >= 4 is 17.7 Å². The van der Waals surface area contributed by atoms with Crippen LogP contribution in [0, 0.1) is 26.7 Å². The van der Waals surface area contributed by atoms with Crippen molar-refractivity contribution in [1.82, 2.24) is 4.90 Å². The van der Waals surface area contributed by atoms with E-state index in [4.69, 9.17) is 9.57 Å². The van der Waals surface area contributed by atoms with Crippen LogP contribution in [0.4, 0.5) is 4.79 Å². The highest BCUT2D eigenvalue weighted by Gasteiger charge is 2.47. The molecule has 3 rings (SSSR count). The molecule has 6 heteroatoms. The van der Waals surface area contributed by atoms with Crippen LogP contribution in [0.15, 0.2) is 17.3 Å². The molecule has 134 valence electrons. The van der Waals surface area contributed by atoms with Gasteiger partial charge in [0.2, 0.25) is 6.10 Å². The first-order valence-electron chi connectivity index (χ1n) is 8.47. The lowest BCUT2D eigenvalue weighted by Crippen LogP contribution is -2.44. The number of amides is 2. The van der Waals surface area contributed by atoms with Crippen molar-refractivity contribution in [2.75, 3.05) is 6.54 Å². The Morgan fingerprint density at radius 3 is 2.36 bits per heavy atom. The van der Waals surface area contributed by atoms with Crippen molar-refractivity contribution in [2.45, 2.75) is 53.2 Å². The number of nitrogens with zero attached hydrogens (tertiary/aromatic N) is 2. The first kappa shape index (κ1) is 17.5. The molecule has 1 aromatic rings. The van der Waals surface area contributed by atoms with Crippen molar-refractivity contribution in [2.24, 2.45) is 11.1 Å². The summed E-state index contributed by atoms with van der Waals surface area (Å²) in [5.74, 6) is -0.645. The lowest BCUT2D eigenvalue weighted by molar-refractivity contribution is -0.140. The molecule has 6 nitrogen and oxygen atoms in total. The molecule has 2 atom stereocenters. The summed E-state index contributed by atoms with van der Waals surface area (Å²) in [6.45, 7) is 11.8. The molecular formula is C19H24N2O4. The predicted molar refractivity (Wildman–Crippen MR) is 93.5 cm³/mol. The maximum absolute atomic E-state index is 12.8. The standard InChI is InChI=1S/C19H24N2O4/c1-10-7-11(2)14(12(3)8-10)15-13(4)16(25-20-15)17(22)21-9-19(5,6)24-18(21)23/h7-8,13,16H,9H2,1-6H3/t13-,16-/m0/s1. The van der Waals surface area contributed by atoms with E-state index >= 15 is 0 Å². The fraction of sp³-hybridized carbons (Fsp3) is 0.526. The second-order valence-corrected chi connectivity index (χ2v) is 7.62. The Labute approximate surface area is 147 Å². The normalized spacial score (nSPS) is 24.8. The zero-order chi connectivity index (χ0) is 18.5. The molecule has 1 aromatic carbocycles. The third-order valence-corrected chi connectivity index (χ3v) is 4.72. The van der Waals surface area contributed by atoms with Crippen LogP contribution in [0.2, 0.25) is 0 Å². The van der Waals surface area contributed by atoms with Gasteiger partial charge in [0.05, 0.1) is 18.2 Å². The average Bonchev–Trinajstić information content (AvgIpc) is 2.97. The van der Waals surface area contributed by atoms with Crippen LogP contribution in [-0.2, 0) is 14.4 Å². The molecule has 25 heavy (non-hydrogen) atoms. The number of rotatable bonds is 2. The number of hydrogen-bond donors (Lipinski definition) is 0. The molecule has 0 unspecified atom stereocenters. The van der Waals surface area contributed by atoms with Crippen molar-refractivity contribution in [3.05, 3.63) is 34.4 Å². The summed E-state index contributed by atoms with van der Waals surface area (Å²) in [5.41, 5.74) is 4.46. The summed E-state index contributed by atoms with van der Waals surface area (Å²) in [7, 11) is 0. The quantitative estimate of drug-likeness (QED) is 0.827. The summed E-state index contributed by atoms with van der Waals surface area (Å²) >= 11 is 0. The fourth-order valence-electron chi connectivity index (χ4n) is 3.64. The molecule has 0 aliphatic carbocycles. The van der Waals surface area contributed by atoms with Gasteiger partial charge >= 0.3 is 6.09 Å². The SMILES string of the molecule is Cc1cc(C)c(C2=NO[C@H](C(=O)N3CC(C)(C)OC3=O)[C@H]2C)c(C)c1. The smallest absolute Gasteiger partial charge is 0.417 e. The maximum Gasteiger partial charge on any atom is 0.417 e. The molecule has 0 N–H and O–H groups in total. The second kappa shape index (κ2) is 5.86. The van der Waals surface area contributed by atoms with E-state index in [1.54, 1.807) is 13.8 Å². The largest absolute Gasteiger partial charge is 0.441 e. The molecule has 1 fully saturated rings. The van der Waals surface area contributed by atoms with E-state index in [0.29, 0.717) is 0 Å². The monoisotopic (exact) mass is 344 g/mol. The Bertz CT molecular complexity index is 759. The van der Waals surface area contributed by atoms with Gasteiger partial charge in [0.1, 0.15) is 5.60 Å². The predicted octanol–water partition coefficient (Wildman–Crippen LogP) is 3.11. The highest BCUT2D eigenvalue weighted by Crippen LogP contribution is 2.30. The van der Waals surface area contributed by atoms with Crippen LogP contribution >= 0.6 is 0 Å². The number of carbonyl (C=O) groups is 2. The number of benzene rings is 1. The fourth-order valence-corrected chi connectivity index (χ4v) is 3.64. The summed E-state index contributed by atoms with van der Waals surface area (Å²) in [5, 5.41) is 4.19. The van der Waals surface area contributed by atoms with Gasteiger partial charge in [-0.05, 0) is 45.7 Å². The van der Waals surface area contributed by atoms with E-state index in [0.717, 1.165) is 27.3 Å². The van der Waals surface area contributed by atoms with E-state index in [9.17, 15) is 9.59 Å². The number of carbonyl (C=O) groups excluding carboxylic acids is 2. The van der Waals surface area contributed by atoms with Gasteiger partial charge in [-0.15, -0.1) is 0 Å². The molecule has 0 radical (unpaired) electrons. The van der Waals surface area contributed by atoms with Gasteiger partial charge in [0.15, 0.2) is 0 Å². The lowest BCUT2D eigenvalue weighted by atomic mass is 9.87. The topological polar surface area (TPSA) is 68.2 Å². The minimum absolute atomic E-state index is 0.217. The van der Waals surface area contributed by atoms with Crippen molar-refractivity contribution in [1.29, 1.82) is 0 Å². The minimum Gasteiger partial charge on any atom is -0.441 e. The molecule has 2 aliphatic rings. The molecule has 1 saturated heterocycles. The summed E-state index contributed by atoms with van der Waals surface area (Å²) in [4.78, 5) is 31.3. The number of ether oxygens (including phenoxy) is 1. The summed E-state index contributed by atoms with van der Waals surface area (Å²) in [6.07, 6.45) is -1.43. The molecule has 2 amide bonds. The Kier molecular flexibility index (Phi) is 4.09. The summed E-state index contributed by atoms with van der Waals surface area (Å²) < 4.78 is 5.21. The van der Waals surface area contributed by atoms with E-state index in [1.807, 2.05) is 27.7 Å². The molecule has 0 saturated carbocycles. The summed E-state index contributed by atoms with van der Waals surface area (Å²) in [6, 6.07) is 4.18. The average molecular weight is 344 g/mol. The Balaban J connectivity index is 1.84. The molecule has 2 aliphatic heterocycles. The number of imide groups is 1. The van der Waals surface area contributed by atoms with Crippen LogP contribution in [-0.4, -0.2) is 40.9 Å². The van der Waals surface area contributed by atoms with Gasteiger partial charge in [0.25, 0.3) is 5.91 Å². The van der Waals surface area contributed by atoms with Crippen LogP contribution in [0.1, 0.15) is 43.0 Å². The van der Waals surface area contributed by atoms with Crippen molar-refractivity contribution in [3.63, 3.8) is 0 Å². The highest BCUT2D eigenvalue weighted by molar-refractivity contribution is 6.08. The van der Waals surface area contributed by atoms with Crippen LogP contribution in [0.5, 0.6) is 0 Å². The van der Waals surface area contributed by atoms with Crippen LogP contribution in [0.25, 0.3) is 0 Å². The van der Waals surface area contributed by atoms with Gasteiger partial charge in [-0.25, -0.2) is 9.69 Å². The third-order valence-electron chi connectivity index (χ3n) is 4.72. The molecule has 0 aromatic heterocycles. The van der Waals surface area contributed by atoms with Gasteiger partial charge in [0, 0.05) is 5.56 Å². The van der Waals surface area contributed by atoms with Crippen LogP contribution in [0.3, 0.4) is 0 Å². The second-order valence-electron chi connectivity index (χ2n) is 7.62. The van der Waals surface area contributed by atoms with Crippen molar-refractivity contribution < 1.29 is 19.2 Å². The number of hydrogen-bond acceptors (Lipinski definition) is 5.